The lowest BCUT2D eigenvalue weighted by Gasteiger charge is -2.16. The van der Waals surface area contributed by atoms with Crippen LogP contribution >= 0.6 is 22.6 Å². The molecule has 0 fully saturated rings. The molecule has 4 heteroatoms. The van der Waals surface area contributed by atoms with Gasteiger partial charge in [-0.3, -0.25) is 9.59 Å². The highest BCUT2D eigenvalue weighted by atomic mass is 127. The number of halogens is 1. The van der Waals surface area contributed by atoms with Gasteiger partial charge in [0.15, 0.2) is 5.78 Å². The number of benzene rings is 1. The first-order valence-electron chi connectivity index (χ1n) is 6.06. The van der Waals surface area contributed by atoms with Gasteiger partial charge in [-0.2, -0.15) is 0 Å². The van der Waals surface area contributed by atoms with Gasteiger partial charge in [-0.15, -0.1) is 0 Å². The number of nitrogens with zero attached hydrogens (tertiary/aromatic N) is 1. The average molecular weight is 369 g/mol. The van der Waals surface area contributed by atoms with Crippen molar-refractivity contribution < 1.29 is 9.59 Å². The lowest BCUT2D eigenvalue weighted by Crippen LogP contribution is -2.22. The molecule has 2 rings (SSSR count). The van der Waals surface area contributed by atoms with Crippen molar-refractivity contribution in [2.24, 2.45) is 12.5 Å². The first kappa shape index (κ1) is 14.2. The molecule has 3 nitrogen and oxygen atoms in total. The molecular weight excluding hydrogens is 353 g/mol. The zero-order valence-electron chi connectivity index (χ0n) is 11.5. The van der Waals surface area contributed by atoms with E-state index >= 15 is 0 Å². The lowest BCUT2D eigenvalue weighted by molar-refractivity contribution is 0.0850. The van der Waals surface area contributed by atoms with Gasteiger partial charge in [-0.05, 0) is 24.3 Å². The number of aryl methyl sites for hydroxylation is 1. The third kappa shape index (κ3) is 2.59. The molecule has 1 heterocycles. The Kier molecular flexibility index (Phi) is 3.55. The largest absolute Gasteiger partial charge is 0.341 e. The Labute approximate surface area is 126 Å². The zero-order chi connectivity index (χ0) is 14.4. The predicted octanol–water partition coefficient (Wildman–Crippen LogP) is 3.98. The van der Waals surface area contributed by atoms with Crippen LogP contribution in [0.2, 0.25) is 0 Å². The van der Waals surface area contributed by atoms with Gasteiger partial charge in [0.05, 0.1) is 5.69 Å². The van der Waals surface area contributed by atoms with E-state index in [1.54, 1.807) is 28.7 Å². The number of aromatic nitrogens is 1. The van der Waals surface area contributed by atoms with Gasteiger partial charge in [0.1, 0.15) is 0 Å². The highest BCUT2D eigenvalue weighted by Crippen LogP contribution is 2.27. The van der Waals surface area contributed by atoms with Crippen molar-refractivity contribution >= 4 is 43.1 Å². The molecule has 19 heavy (non-hydrogen) atoms. The summed E-state index contributed by atoms with van der Waals surface area (Å²) in [7, 11) is 1.88. The fourth-order valence-electron chi connectivity index (χ4n) is 2.07. The molecule has 0 amide bonds. The van der Waals surface area contributed by atoms with E-state index in [4.69, 9.17) is 0 Å². The van der Waals surface area contributed by atoms with Gasteiger partial charge < -0.3 is 4.57 Å². The standard InChI is InChI=1S/C15H16INO2/c1-15(2,3)13(18)12-8-10-7-9(14(16)19)5-6-11(10)17(12)4/h5-8H,1-4H3. The second kappa shape index (κ2) is 4.74. The zero-order valence-corrected chi connectivity index (χ0v) is 13.6. The van der Waals surface area contributed by atoms with Crippen LogP contribution in [-0.2, 0) is 7.05 Å². The van der Waals surface area contributed by atoms with Crippen LogP contribution in [0.3, 0.4) is 0 Å². The average Bonchev–Trinajstić information content (AvgIpc) is 2.64. The van der Waals surface area contributed by atoms with E-state index < -0.39 is 5.41 Å². The van der Waals surface area contributed by atoms with Crippen molar-refractivity contribution in [3.05, 3.63) is 35.5 Å². The highest BCUT2D eigenvalue weighted by Gasteiger charge is 2.26. The van der Waals surface area contributed by atoms with Crippen LogP contribution in [0.4, 0.5) is 0 Å². The van der Waals surface area contributed by atoms with Gasteiger partial charge in [-0.1, -0.05) is 20.8 Å². The Hall–Kier alpha value is -1.17. The summed E-state index contributed by atoms with van der Waals surface area (Å²) in [4.78, 5) is 23.8. The molecule has 0 spiro atoms. The van der Waals surface area contributed by atoms with Crippen LogP contribution in [0.25, 0.3) is 10.9 Å². The minimum atomic E-state index is -0.413. The number of hydrogen-bond acceptors (Lipinski definition) is 2. The van der Waals surface area contributed by atoms with E-state index in [-0.39, 0.29) is 9.57 Å². The molecule has 0 radical (unpaired) electrons. The Morgan fingerprint density at radius 1 is 1.16 bits per heavy atom. The third-order valence-electron chi connectivity index (χ3n) is 3.18. The topological polar surface area (TPSA) is 39.1 Å². The first-order chi connectivity index (χ1) is 8.71. The molecule has 0 saturated carbocycles. The molecule has 0 bridgehead atoms. The summed E-state index contributed by atoms with van der Waals surface area (Å²) in [6.07, 6.45) is 0. The van der Waals surface area contributed by atoms with E-state index in [0.29, 0.717) is 11.3 Å². The molecule has 2 aromatic rings. The van der Waals surface area contributed by atoms with Crippen molar-refractivity contribution in [3.63, 3.8) is 0 Å². The number of fused-ring (bicyclic) bond motifs is 1. The fraction of sp³-hybridized carbons (Fsp3) is 0.333. The normalized spacial score (nSPS) is 11.8. The first-order valence-corrected chi connectivity index (χ1v) is 7.14. The fourth-order valence-corrected chi connectivity index (χ4v) is 2.41. The van der Waals surface area contributed by atoms with Gasteiger partial charge in [0.25, 0.3) is 0 Å². The third-order valence-corrected chi connectivity index (χ3v) is 3.81. The molecule has 0 saturated heterocycles. The van der Waals surface area contributed by atoms with Gasteiger partial charge >= 0.3 is 0 Å². The summed E-state index contributed by atoms with van der Waals surface area (Å²) in [5.41, 5.74) is 1.90. The maximum atomic E-state index is 12.4. The Balaban J connectivity index is 2.63. The lowest BCUT2D eigenvalue weighted by atomic mass is 9.89. The molecule has 100 valence electrons. The van der Waals surface area contributed by atoms with Gasteiger partial charge in [0, 0.05) is 51.5 Å². The molecular formula is C15H16INO2. The van der Waals surface area contributed by atoms with Crippen molar-refractivity contribution in [3.8, 4) is 0 Å². The number of ketones is 1. The molecule has 0 aliphatic carbocycles. The highest BCUT2D eigenvalue weighted by molar-refractivity contribution is 14.1. The van der Waals surface area contributed by atoms with E-state index in [1.165, 1.54) is 0 Å². The van der Waals surface area contributed by atoms with Crippen LogP contribution in [0, 0.1) is 5.41 Å². The van der Waals surface area contributed by atoms with E-state index in [9.17, 15) is 9.59 Å². The van der Waals surface area contributed by atoms with Crippen LogP contribution in [0.15, 0.2) is 24.3 Å². The molecule has 0 atom stereocenters. The molecule has 1 aromatic heterocycles. The molecule has 1 aromatic carbocycles. The summed E-state index contributed by atoms with van der Waals surface area (Å²) < 4.78 is 1.90. The number of Topliss-reactive ketones (excluding diaryl/α,β-unsaturated/α-hetero) is 1. The van der Waals surface area contributed by atoms with Crippen LogP contribution in [0.1, 0.15) is 41.6 Å². The predicted molar refractivity (Wildman–Crippen MR) is 85.1 cm³/mol. The van der Waals surface area contributed by atoms with E-state index in [0.717, 1.165) is 10.9 Å². The van der Waals surface area contributed by atoms with Crippen LogP contribution in [-0.4, -0.2) is 14.1 Å². The van der Waals surface area contributed by atoms with Crippen molar-refractivity contribution in [1.82, 2.24) is 4.57 Å². The van der Waals surface area contributed by atoms with Gasteiger partial charge in [0.2, 0.25) is 3.79 Å². The number of carbonyl (C=O) groups is 2. The second-order valence-electron chi connectivity index (χ2n) is 5.72. The quantitative estimate of drug-likeness (QED) is 0.456. The van der Waals surface area contributed by atoms with E-state index in [1.807, 2.05) is 50.6 Å². The summed E-state index contributed by atoms with van der Waals surface area (Å²) in [6.45, 7) is 5.73. The summed E-state index contributed by atoms with van der Waals surface area (Å²) in [6, 6.07) is 7.39. The van der Waals surface area contributed by atoms with E-state index in [2.05, 4.69) is 0 Å². The molecule has 0 N–H and O–H groups in total. The number of carbonyl (C=O) groups excluding carboxylic acids is 2. The second-order valence-corrected chi connectivity index (χ2v) is 6.69. The summed E-state index contributed by atoms with van der Waals surface area (Å²) in [5, 5.41) is 0.928. The van der Waals surface area contributed by atoms with Crippen molar-refractivity contribution in [1.29, 1.82) is 0 Å². The van der Waals surface area contributed by atoms with Gasteiger partial charge in [-0.25, -0.2) is 0 Å². The minimum absolute atomic E-state index is 0.00653. The SMILES string of the molecule is Cn1c(C(=O)C(C)(C)C)cc2cc(C(=O)I)ccc21. The summed E-state index contributed by atoms with van der Waals surface area (Å²) >= 11 is 1.77. The Morgan fingerprint density at radius 3 is 2.32 bits per heavy atom. The Bertz CT molecular complexity index is 677. The molecule has 0 unspecified atom stereocenters. The minimum Gasteiger partial charge on any atom is -0.341 e. The summed E-state index contributed by atoms with van der Waals surface area (Å²) in [5.74, 6) is 0.105. The van der Waals surface area contributed by atoms with Crippen LogP contribution < -0.4 is 0 Å². The number of rotatable bonds is 2. The maximum absolute atomic E-state index is 12.4. The Morgan fingerprint density at radius 2 is 1.79 bits per heavy atom. The monoisotopic (exact) mass is 369 g/mol. The number of hydrogen-bond donors (Lipinski definition) is 0. The van der Waals surface area contributed by atoms with Crippen molar-refractivity contribution in [2.45, 2.75) is 20.8 Å². The molecule has 0 aliphatic rings. The van der Waals surface area contributed by atoms with Crippen LogP contribution in [0.5, 0.6) is 0 Å². The van der Waals surface area contributed by atoms with Crippen molar-refractivity contribution in [2.75, 3.05) is 0 Å². The molecule has 0 aliphatic heterocycles. The smallest absolute Gasteiger partial charge is 0.222 e. The maximum Gasteiger partial charge on any atom is 0.222 e.